The van der Waals surface area contributed by atoms with Crippen LogP contribution in [0.5, 0.6) is 5.75 Å². The number of ether oxygens (including phenoxy) is 2. The molecule has 9 nitrogen and oxygen atoms in total. The number of pyridine rings is 1. The molecular formula is C23H24F2N6O3. The van der Waals surface area contributed by atoms with Crippen LogP contribution in [0.1, 0.15) is 10.4 Å². The van der Waals surface area contributed by atoms with Crippen LogP contribution in [0.3, 0.4) is 0 Å². The molecule has 4 rings (SSSR count). The molecule has 1 amide bonds. The maximum absolute atomic E-state index is 14.4. The smallest absolute Gasteiger partial charge is 0.252 e. The average molecular weight is 470 g/mol. The van der Waals surface area contributed by atoms with Crippen molar-refractivity contribution in [3.05, 3.63) is 59.9 Å². The van der Waals surface area contributed by atoms with E-state index < -0.39 is 11.6 Å². The van der Waals surface area contributed by atoms with Gasteiger partial charge in [0.25, 0.3) is 5.91 Å². The molecule has 1 fully saturated rings. The number of methoxy groups -OCH3 is 1. The van der Waals surface area contributed by atoms with Crippen molar-refractivity contribution in [2.24, 2.45) is 0 Å². The summed E-state index contributed by atoms with van der Waals surface area (Å²) in [6, 6.07) is 6.94. The van der Waals surface area contributed by atoms with Gasteiger partial charge in [0.05, 0.1) is 32.1 Å². The third kappa shape index (κ3) is 5.80. The van der Waals surface area contributed by atoms with Crippen molar-refractivity contribution >= 4 is 17.7 Å². The van der Waals surface area contributed by atoms with Crippen LogP contribution in [0.2, 0.25) is 0 Å². The molecule has 0 aliphatic carbocycles. The Morgan fingerprint density at radius 2 is 1.97 bits per heavy atom. The van der Waals surface area contributed by atoms with Gasteiger partial charge in [-0.25, -0.2) is 23.7 Å². The van der Waals surface area contributed by atoms with Crippen LogP contribution in [-0.2, 0) is 4.74 Å². The highest BCUT2D eigenvalue weighted by atomic mass is 19.1. The summed E-state index contributed by atoms with van der Waals surface area (Å²) < 4.78 is 38.4. The van der Waals surface area contributed by atoms with E-state index in [-0.39, 0.29) is 28.9 Å². The number of halogens is 2. The standard InChI is InChI=1S/C23H24F2N6O3/c1-33-19-12-16(24)3-4-17(19)21-18(25)14-28-23(30-21)29-20-5-2-15(13-27-20)22(32)26-6-7-31-8-10-34-11-9-31/h2-5,12-14H,6-11H2,1H3,(H,26,32)(H,27,28,29,30). The minimum atomic E-state index is -0.687. The van der Waals surface area contributed by atoms with Crippen LogP contribution in [0.25, 0.3) is 11.3 Å². The molecule has 1 saturated heterocycles. The molecule has 0 radical (unpaired) electrons. The van der Waals surface area contributed by atoms with Gasteiger partial charge in [0.2, 0.25) is 5.95 Å². The van der Waals surface area contributed by atoms with Gasteiger partial charge in [0.1, 0.15) is 23.1 Å². The van der Waals surface area contributed by atoms with Crippen molar-refractivity contribution < 1.29 is 23.0 Å². The second-order valence-electron chi connectivity index (χ2n) is 7.50. The third-order valence-corrected chi connectivity index (χ3v) is 5.25. The lowest BCUT2D eigenvalue weighted by Crippen LogP contribution is -2.41. The zero-order valence-electron chi connectivity index (χ0n) is 18.6. The van der Waals surface area contributed by atoms with Gasteiger partial charge >= 0.3 is 0 Å². The van der Waals surface area contributed by atoms with Gasteiger partial charge in [-0.15, -0.1) is 0 Å². The van der Waals surface area contributed by atoms with E-state index >= 15 is 0 Å². The Morgan fingerprint density at radius 1 is 1.15 bits per heavy atom. The Morgan fingerprint density at radius 3 is 2.71 bits per heavy atom. The lowest BCUT2D eigenvalue weighted by Gasteiger charge is -2.26. The Hall–Kier alpha value is -3.70. The van der Waals surface area contributed by atoms with E-state index in [1.54, 1.807) is 12.1 Å². The minimum absolute atomic E-state index is 0.0504. The Bertz CT molecular complexity index is 1140. The van der Waals surface area contributed by atoms with Crippen LogP contribution < -0.4 is 15.4 Å². The molecule has 3 heterocycles. The van der Waals surface area contributed by atoms with Gasteiger partial charge in [-0.2, -0.15) is 0 Å². The highest BCUT2D eigenvalue weighted by molar-refractivity contribution is 5.94. The van der Waals surface area contributed by atoms with Crippen molar-refractivity contribution in [1.29, 1.82) is 0 Å². The molecule has 1 aliphatic heterocycles. The highest BCUT2D eigenvalue weighted by Crippen LogP contribution is 2.31. The maximum atomic E-state index is 14.4. The summed E-state index contributed by atoms with van der Waals surface area (Å²) in [6.45, 7) is 4.42. The van der Waals surface area contributed by atoms with Crippen LogP contribution in [0.15, 0.2) is 42.7 Å². The van der Waals surface area contributed by atoms with Crippen molar-refractivity contribution in [2.75, 3.05) is 51.8 Å². The molecule has 0 unspecified atom stereocenters. The summed E-state index contributed by atoms with van der Waals surface area (Å²) in [5.74, 6) is -0.830. The van der Waals surface area contributed by atoms with Crippen LogP contribution >= 0.6 is 0 Å². The fourth-order valence-electron chi connectivity index (χ4n) is 3.45. The van der Waals surface area contributed by atoms with Crippen LogP contribution in [-0.4, -0.2) is 72.3 Å². The average Bonchev–Trinajstić information content (AvgIpc) is 2.86. The molecule has 1 aromatic carbocycles. The second kappa shape index (κ2) is 10.9. The second-order valence-corrected chi connectivity index (χ2v) is 7.50. The van der Waals surface area contributed by atoms with Gasteiger partial charge in [0, 0.05) is 44.0 Å². The zero-order valence-corrected chi connectivity index (χ0v) is 18.6. The number of nitrogens with one attached hydrogen (secondary N) is 2. The molecule has 1 aliphatic rings. The van der Waals surface area contributed by atoms with Crippen molar-refractivity contribution in [1.82, 2.24) is 25.2 Å². The summed E-state index contributed by atoms with van der Waals surface area (Å²) in [5, 5.41) is 5.75. The molecule has 0 atom stereocenters. The molecule has 2 N–H and O–H groups in total. The van der Waals surface area contributed by atoms with Gasteiger partial charge < -0.3 is 20.1 Å². The molecule has 0 bridgehead atoms. The van der Waals surface area contributed by atoms with Crippen molar-refractivity contribution in [3.63, 3.8) is 0 Å². The number of hydrogen-bond donors (Lipinski definition) is 2. The minimum Gasteiger partial charge on any atom is -0.496 e. The van der Waals surface area contributed by atoms with Gasteiger partial charge in [-0.05, 0) is 24.3 Å². The van der Waals surface area contributed by atoms with Crippen LogP contribution in [0.4, 0.5) is 20.5 Å². The number of amides is 1. The largest absolute Gasteiger partial charge is 0.496 e. The fraction of sp³-hybridized carbons (Fsp3) is 0.304. The first-order valence-corrected chi connectivity index (χ1v) is 10.7. The number of aromatic nitrogens is 3. The zero-order chi connectivity index (χ0) is 23.9. The van der Waals surface area contributed by atoms with Crippen LogP contribution in [0, 0.1) is 11.6 Å². The molecule has 11 heteroatoms. The monoisotopic (exact) mass is 470 g/mol. The van der Waals surface area contributed by atoms with E-state index in [9.17, 15) is 13.6 Å². The molecule has 2 aromatic heterocycles. The van der Waals surface area contributed by atoms with Gasteiger partial charge in [-0.3, -0.25) is 9.69 Å². The number of hydrogen-bond acceptors (Lipinski definition) is 8. The molecule has 3 aromatic rings. The predicted octanol–water partition coefficient (Wildman–Crippen LogP) is 2.63. The molecule has 0 saturated carbocycles. The van der Waals surface area contributed by atoms with Gasteiger partial charge in [0.15, 0.2) is 5.82 Å². The first kappa shape index (κ1) is 23.5. The van der Waals surface area contributed by atoms with E-state index in [0.29, 0.717) is 31.1 Å². The highest BCUT2D eigenvalue weighted by Gasteiger charge is 2.16. The molecule has 178 valence electrons. The Balaban J connectivity index is 1.39. The lowest BCUT2D eigenvalue weighted by atomic mass is 10.1. The van der Waals surface area contributed by atoms with Crippen molar-refractivity contribution in [3.8, 4) is 17.0 Å². The Labute approximate surface area is 195 Å². The SMILES string of the molecule is COc1cc(F)ccc1-c1nc(Nc2ccc(C(=O)NCCN3CCOCC3)cn2)ncc1F. The molecular weight excluding hydrogens is 446 g/mol. The lowest BCUT2D eigenvalue weighted by molar-refractivity contribution is 0.0383. The van der Waals surface area contributed by atoms with E-state index in [2.05, 4.69) is 30.5 Å². The summed E-state index contributed by atoms with van der Waals surface area (Å²) in [7, 11) is 1.36. The first-order valence-electron chi connectivity index (χ1n) is 10.7. The number of carbonyl (C=O) groups excluding carboxylic acids is 1. The summed E-state index contributed by atoms with van der Waals surface area (Å²) >= 11 is 0. The number of anilines is 2. The number of carbonyl (C=O) groups is 1. The predicted molar refractivity (Wildman–Crippen MR) is 121 cm³/mol. The normalized spacial score (nSPS) is 14.0. The number of morpholine rings is 1. The number of benzene rings is 1. The van der Waals surface area contributed by atoms with E-state index in [1.807, 2.05) is 0 Å². The van der Waals surface area contributed by atoms with E-state index in [1.165, 1.54) is 25.4 Å². The first-order chi connectivity index (χ1) is 16.5. The summed E-state index contributed by atoms with van der Waals surface area (Å²) in [5.41, 5.74) is 0.638. The third-order valence-electron chi connectivity index (χ3n) is 5.25. The summed E-state index contributed by atoms with van der Waals surface area (Å²) in [4.78, 5) is 26.9. The van der Waals surface area contributed by atoms with Gasteiger partial charge in [-0.1, -0.05) is 0 Å². The molecule has 0 spiro atoms. The molecule has 34 heavy (non-hydrogen) atoms. The Kier molecular flexibility index (Phi) is 7.55. The van der Waals surface area contributed by atoms with Crippen molar-refractivity contribution in [2.45, 2.75) is 0 Å². The topological polar surface area (TPSA) is 102 Å². The number of rotatable bonds is 8. The van der Waals surface area contributed by atoms with E-state index in [0.717, 1.165) is 31.9 Å². The summed E-state index contributed by atoms with van der Waals surface area (Å²) in [6.07, 6.45) is 2.43. The quantitative estimate of drug-likeness (QED) is 0.518. The van der Waals surface area contributed by atoms with E-state index in [4.69, 9.17) is 9.47 Å². The fourth-order valence-corrected chi connectivity index (χ4v) is 3.45. The maximum Gasteiger partial charge on any atom is 0.252 e. The number of nitrogens with zero attached hydrogens (tertiary/aromatic N) is 4.